The van der Waals surface area contributed by atoms with E-state index in [0.29, 0.717) is 5.52 Å². The van der Waals surface area contributed by atoms with Crippen LogP contribution >= 0.6 is 0 Å². The lowest BCUT2D eigenvalue weighted by Gasteiger charge is -1.98. The van der Waals surface area contributed by atoms with Gasteiger partial charge in [0.25, 0.3) is 5.69 Å². The summed E-state index contributed by atoms with van der Waals surface area (Å²) in [7, 11) is 0. The number of nitro benzene ring substituents is 1. The summed E-state index contributed by atoms with van der Waals surface area (Å²) in [6.45, 7) is 3.71. The van der Waals surface area contributed by atoms with E-state index in [-0.39, 0.29) is 5.69 Å². The molecule has 0 spiro atoms. The van der Waals surface area contributed by atoms with Crippen molar-refractivity contribution in [2.45, 2.75) is 0 Å². The second kappa shape index (κ2) is 3.06. The number of aromatic nitrogens is 1. The van der Waals surface area contributed by atoms with Crippen molar-refractivity contribution in [2.24, 2.45) is 0 Å². The van der Waals surface area contributed by atoms with Crippen LogP contribution in [-0.2, 0) is 0 Å². The van der Waals surface area contributed by atoms with Crippen LogP contribution in [-0.4, -0.2) is 9.91 Å². The largest absolute Gasteiger partial charge is 0.295 e. The van der Waals surface area contributed by atoms with Gasteiger partial charge < -0.3 is 0 Å². The lowest BCUT2D eigenvalue weighted by molar-refractivity contribution is -0.383. The summed E-state index contributed by atoms with van der Waals surface area (Å²) in [5.74, 6) is 0. The molecule has 2 rings (SSSR count). The first kappa shape index (κ1) is 8.62. The molecule has 4 heteroatoms. The van der Waals surface area contributed by atoms with Gasteiger partial charge in [-0.3, -0.25) is 10.1 Å². The topological polar surface area (TPSA) is 56.0 Å². The molecule has 0 saturated carbocycles. The Kier molecular flexibility index (Phi) is 1.89. The maximum Gasteiger partial charge on any atom is 0.295 e. The Morgan fingerprint density at radius 1 is 1.43 bits per heavy atom. The average molecular weight is 187 g/mol. The van der Waals surface area contributed by atoms with Gasteiger partial charge in [-0.05, 0) is 18.6 Å². The molecule has 0 aliphatic heterocycles. The Labute approximate surface area is 80.4 Å². The maximum absolute atomic E-state index is 10.6. The molecule has 0 bridgehead atoms. The summed E-state index contributed by atoms with van der Waals surface area (Å²) >= 11 is 0. The van der Waals surface area contributed by atoms with Gasteiger partial charge >= 0.3 is 0 Å². The minimum absolute atomic E-state index is 0.0301. The van der Waals surface area contributed by atoms with Crippen molar-refractivity contribution in [1.82, 2.24) is 4.98 Å². The van der Waals surface area contributed by atoms with E-state index in [0.717, 1.165) is 10.9 Å². The van der Waals surface area contributed by atoms with Gasteiger partial charge in [-0.15, -0.1) is 0 Å². The van der Waals surface area contributed by atoms with Crippen LogP contribution in [0.3, 0.4) is 0 Å². The van der Waals surface area contributed by atoms with Gasteiger partial charge in [0.2, 0.25) is 0 Å². The highest BCUT2D eigenvalue weighted by molar-refractivity contribution is 5.87. The van der Waals surface area contributed by atoms with Crippen LogP contribution in [0.5, 0.6) is 0 Å². The second-order valence-corrected chi connectivity index (χ2v) is 2.95. The molecule has 1 aromatic carbocycles. The Morgan fingerprint density at radius 2 is 2.21 bits per heavy atom. The number of nitro groups is 1. The molecule has 0 aliphatic carbocycles. The molecular weight excluding hydrogens is 180 g/mol. The van der Waals surface area contributed by atoms with E-state index in [2.05, 4.69) is 11.9 Å². The van der Waals surface area contributed by atoms with Crippen LogP contribution in [0.1, 0.15) is 5.56 Å². The average Bonchev–Trinajstić information content (AvgIpc) is 2.16. The summed E-state index contributed by atoms with van der Waals surface area (Å²) in [5, 5.41) is 11.4. The molecule has 14 heavy (non-hydrogen) atoms. The highest BCUT2D eigenvalue weighted by Crippen LogP contribution is 2.23. The van der Waals surface area contributed by atoms with Crippen molar-refractivity contribution >= 4 is 16.6 Å². The number of nitrogens with zero attached hydrogens (tertiary/aromatic N) is 2. The third-order valence-corrected chi connectivity index (χ3v) is 1.94. The van der Waals surface area contributed by atoms with Crippen LogP contribution in [0.25, 0.3) is 10.9 Å². The molecule has 2 aromatic rings. The molecular formula is C10H7N2O2. The molecule has 0 N–H and O–H groups in total. The van der Waals surface area contributed by atoms with Crippen LogP contribution in [0.15, 0.2) is 30.5 Å². The molecule has 0 saturated heterocycles. The molecule has 4 nitrogen and oxygen atoms in total. The third-order valence-electron chi connectivity index (χ3n) is 1.94. The molecule has 69 valence electrons. The molecule has 0 aliphatic rings. The van der Waals surface area contributed by atoms with Gasteiger partial charge in [-0.1, -0.05) is 12.1 Å². The lowest BCUT2D eigenvalue weighted by atomic mass is 10.1. The van der Waals surface area contributed by atoms with Gasteiger partial charge in [-0.2, -0.15) is 0 Å². The van der Waals surface area contributed by atoms with E-state index in [9.17, 15) is 10.1 Å². The van der Waals surface area contributed by atoms with Crippen molar-refractivity contribution in [2.75, 3.05) is 0 Å². The summed E-state index contributed by atoms with van der Waals surface area (Å²) in [5.41, 5.74) is 1.19. The highest BCUT2D eigenvalue weighted by Gasteiger charge is 2.11. The van der Waals surface area contributed by atoms with Crippen molar-refractivity contribution in [3.63, 3.8) is 0 Å². The summed E-state index contributed by atoms with van der Waals surface area (Å²) in [6, 6.07) is 6.64. The number of para-hydroxylation sites is 1. The number of hydrogen-bond acceptors (Lipinski definition) is 3. The summed E-state index contributed by atoms with van der Waals surface area (Å²) < 4.78 is 0. The molecule has 1 heterocycles. The fourth-order valence-electron chi connectivity index (χ4n) is 1.34. The van der Waals surface area contributed by atoms with Crippen LogP contribution in [0, 0.1) is 17.0 Å². The number of hydrogen-bond donors (Lipinski definition) is 0. The number of non-ortho nitro benzene ring substituents is 1. The first-order chi connectivity index (χ1) is 6.68. The molecule has 0 amide bonds. The molecule has 0 fully saturated rings. The van der Waals surface area contributed by atoms with E-state index >= 15 is 0 Å². The van der Waals surface area contributed by atoms with Gasteiger partial charge in [0.15, 0.2) is 0 Å². The van der Waals surface area contributed by atoms with Gasteiger partial charge in [0.1, 0.15) is 5.52 Å². The smallest absolute Gasteiger partial charge is 0.258 e. The van der Waals surface area contributed by atoms with E-state index < -0.39 is 4.92 Å². The van der Waals surface area contributed by atoms with E-state index in [1.807, 2.05) is 0 Å². The summed E-state index contributed by atoms with van der Waals surface area (Å²) in [6.07, 6.45) is 1.52. The number of benzene rings is 1. The Morgan fingerprint density at radius 3 is 2.93 bits per heavy atom. The SMILES string of the molecule is [CH2]c1cnc2c([N+](=O)[O-])cccc2c1. The van der Waals surface area contributed by atoms with Gasteiger partial charge in [0, 0.05) is 17.6 Å². The number of fused-ring (bicyclic) bond motifs is 1. The monoisotopic (exact) mass is 187 g/mol. The summed E-state index contributed by atoms with van der Waals surface area (Å²) in [4.78, 5) is 14.2. The molecule has 1 radical (unpaired) electrons. The molecule has 1 aromatic heterocycles. The van der Waals surface area contributed by atoms with Crippen LogP contribution < -0.4 is 0 Å². The normalized spacial score (nSPS) is 10.4. The minimum Gasteiger partial charge on any atom is -0.258 e. The standard InChI is InChI=1S/C10H7N2O2/c1-7-5-8-3-2-4-9(12(13)14)10(8)11-6-7/h2-6H,1H2. The first-order valence-corrected chi connectivity index (χ1v) is 4.03. The second-order valence-electron chi connectivity index (χ2n) is 2.95. The quantitative estimate of drug-likeness (QED) is 0.508. The van der Waals surface area contributed by atoms with E-state index in [1.165, 1.54) is 12.3 Å². The minimum atomic E-state index is -0.432. The predicted molar refractivity (Wildman–Crippen MR) is 52.9 cm³/mol. The van der Waals surface area contributed by atoms with E-state index in [1.54, 1.807) is 18.2 Å². The number of rotatable bonds is 1. The zero-order valence-corrected chi connectivity index (χ0v) is 7.30. The first-order valence-electron chi connectivity index (χ1n) is 4.03. The van der Waals surface area contributed by atoms with Crippen molar-refractivity contribution in [1.29, 1.82) is 0 Å². The Bertz CT molecular complexity index is 508. The fraction of sp³-hybridized carbons (Fsp3) is 0. The molecule has 0 unspecified atom stereocenters. The Hall–Kier alpha value is -1.97. The molecule has 0 atom stereocenters. The van der Waals surface area contributed by atoms with E-state index in [4.69, 9.17) is 0 Å². The zero-order chi connectivity index (χ0) is 10.1. The van der Waals surface area contributed by atoms with Crippen LogP contribution in [0.2, 0.25) is 0 Å². The third kappa shape index (κ3) is 1.31. The van der Waals surface area contributed by atoms with Crippen molar-refractivity contribution in [3.05, 3.63) is 53.1 Å². The van der Waals surface area contributed by atoms with Crippen molar-refractivity contribution < 1.29 is 4.92 Å². The zero-order valence-electron chi connectivity index (χ0n) is 7.30. The number of pyridine rings is 1. The van der Waals surface area contributed by atoms with Gasteiger partial charge in [-0.25, -0.2) is 4.98 Å². The lowest BCUT2D eigenvalue weighted by Crippen LogP contribution is -1.91. The van der Waals surface area contributed by atoms with Crippen LogP contribution in [0.4, 0.5) is 5.69 Å². The van der Waals surface area contributed by atoms with Gasteiger partial charge in [0.05, 0.1) is 4.92 Å². The fourth-order valence-corrected chi connectivity index (χ4v) is 1.34. The highest BCUT2D eigenvalue weighted by atomic mass is 16.6. The predicted octanol–water partition coefficient (Wildman–Crippen LogP) is 2.33. The van der Waals surface area contributed by atoms with Crippen molar-refractivity contribution in [3.8, 4) is 0 Å². The Balaban J connectivity index is 2.81. The maximum atomic E-state index is 10.6.